The number of para-hydroxylation sites is 1. The molecular weight excluding hydrogens is 626 g/mol. The molecule has 0 spiro atoms. The van der Waals surface area contributed by atoms with Crippen molar-refractivity contribution in [1.82, 2.24) is 4.90 Å². The second kappa shape index (κ2) is 13.0. The topological polar surface area (TPSA) is 128 Å². The number of anilines is 1. The van der Waals surface area contributed by atoms with Crippen molar-refractivity contribution >= 4 is 73.8 Å². The molecule has 40 heavy (non-hydrogen) atoms. The SMILES string of the molecule is CCOc1cc(/C=C2/SC(=O)N(CC(=O)Nc3ccccc3Cl)C2=O)cc(Br)c1OCc1cccc([N+](=O)[O-])c1. The van der Waals surface area contributed by atoms with Gasteiger partial charge in [-0.3, -0.25) is 29.4 Å². The molecule has 13 heteroatoms. The van der Waals surface area contributed by atoms with Crippen molar-refractivity contribution in [3.8, 4) is 11.5 Å². The summed E-state index contributed by atoms with van der Waals surface area (Å²) in [5.41, 5.74) is 1.47. The Kier molecular flexibility index (Phi) is 9.46. The molecule has 10 nitrogen and oxygen atoms in total. The third kappa shape index (κ3) is 7.00. The van der Waals surface area contributed by atoms with Crippen molar-refractivity contribution in [2.24, 2.45) is 0 Å². The minimum atomic E-state index is -0.607. The van der Waals surface area contributed by atoms with Crippen molar-refractivity contribution in [3.63, 3.8) is 0 Å². The van der Waals surface area contributed by atoms with E-state index in [2.05, 4.69) is 21.2 Å². The molecule has 0 radical (unpaired) electrons. The molecule has 4 rings (SSSR count). The number of nitro groups is 1. The molecule has 3 aromatic carbocycles. The lowest BCUT2D eigenvalue weighted by Crippen LogP contribution is -2.36. The number of carbonyl (C=O) groups excluding carboxylic acids is 3. The van der Waals surface area contributed by atoms with E-state index in [4.69, 9.17) is 21.1 Å². The molecule has 1 N–H and O–H groups in total. The number of carbonyl (C=O) groups is 3. The Labute approximate surface area is 246 Å². The van der Waals surface area contributed by atoms with E-state index in [1.165, 1.54) is 18.2 Å². The van der Waals surface area contributed by atoms with Gasteiger partial charge in [-0.25, -0.2) is 0 Å². The molecule has 1 fully saturated rings. The van der Waals surface area contributed by atoms with Crippen molar-refractivity contribution < 1.29 is 28.8 Å². The molecule has 0 bridgehead atoms. The van der Waals surface area contributed by atoms with Gasteiger partial charge in [0.1, 0.15) is 13.2 Å². The molecule has 1 aliphatic rings. The first-order chi connectivity index (χ1) is 19.2. The Balaban J connectivity index is 1.50. The van der Waals surface area contributed by atoms with Crippen molar-refractivity contribution in [3.05, 3.63) is 96.3 Å². The highest BCUT2D eigenvalue weighted by Crippen LogP contribution is 2.40. The van der Waals surface area contributed by atoms with Crippen molar-refractivity contribution in [2.45, 2.75) is 13.5 Å². The molecule has 1 aliphatic heterocycles. The van der Waals surface area contributed by atoms with E-state index in [0.29, 0.717) is 44.4 Å². The number of nitrogens with one attached hydrogen (secondary N) is 1. The summed E-state index contributed by atoms with van der Waals surface area (Å²) in [6, 6.07) is 16.1. The summed E-state index contributed by atoms with van der Waals surface area (Å²) < 4.78 is 12.2. The van der Waals surface area contributed by atoms with Gasteiger partial charge in [-0.2, -0.15) is 0 Å². The Bertz CT molecular complexity index is 1530. The molecule has 0 atom stereocenters. The number of thioether (sulfide) groups is 1. The number of halogens is 2. The molecule has 1 saturated heterocycles. The molecule has 0 aromatic heterocycles. The van der Waals surface area contributed by atoms with Crippen LogP contribution in [-0.4, -0.2) is 40.0 Å². The summed E-state index contributed by atoms with van der Waals surface area (Å²) in [6.45, 7) is 1.70. The van der Waals surface area contributed by atoms with Crippen LogP contribution in [0.25, 0.3) is 6.08 Å². The van der Waals surface area contributed by atoms with E-state index in [9.17, 15) is 24.5 Å². The third-order valence-electron chi connectivity index (χ3n) is 5.46. The van der Waals surface area contributed by atoms with Crippen LogP contribution in [0.1, 0.15) is 18.1 Å². The summed E-state index contributed by atoms with van der Waals surface area (Å²) >= 11 is 10.2. The van der Waals surface area contributed by atoms with Crippen LogP contribution in [0, 0.1) is 10.1 Å². The normalized spacial score (nSPS) is 14.0. The smallest absolute Gasteiger partial charge is 0.294 e. The Hall–Kier alpha value is -3.87. The average molecular weight is 647 g/mol. The maximum Gasteiger partial charge on any atom is 0.294 e. The molecule has 0 aliphatic carbocycles. The fourth-order valence-corrected chi connectivity index (χ4v) is 5.27. The predicted octanol–water partition coefficient (Wildman–Crippen LogP) is 6.66. The van der Waals surface area contributed by atoms with Crippen LogP contribution in [-0.2, 0) is 16.2 Å². The lowest BCUT2D eigenvalue weighted by atomic mass is 10.1. The van der Waals surface area contributed by atoms with Crippen molar-refractivity contribution in [1.29, 1.82) is 0 Å². The minimum Gasteiger partial charge on any atom is -0.490 e. The molecule has 1 heterocycles. The fraction of sp³-hybridized carbons (Fsp3) is 0.148. The van der Waals surface area contributed by atoms with Gasteiger partial charge in [-0.05, 0) is 76.1 Å². The van der Waals surface area contributed by atoms with Gasteiger partial charge in [0.2, 0.25) is 5.91 Å². The standard InChI is InChI=1S/C27H21BrClN3O7S/c1-2-38-22-12-17(11-19(28)25(22)39-15-16-6-5-7-18(10-16)32(36)37)13-23-26(34)31(27(35)40-23)14-24(33)30-21-9-4-3-8-20(21)29/h3-13H,2,14-15H2,1H3,(H,30,33)/b23-13+. The highest BCUT2D eigenvalue weighted by molar-refractivity contribution is 9.10. The van der Waals surface area contributed by atoms with Crippen LogP contribution in [0.15, 0.2) is 70.0 Å². The van der Waals surface area contributed by atoms with Crippen LogP contribution in [0.2, 0.25) is 5.02 Å². The number of ether oxygens (including phenoxy) is 2. The Morgan fingerprint density at radius 3 is 2.65 bits per heavy atom. The summed E-state index contributed by atoms with van der Waals surface area (Å²) in [5.74, 6) is -0.436. The van der Waals surface area contributed by atoms with Crippen LogP contribution in [0.3, 0.4) is 0 Å². The van der Waals surface area contributed by atoms with Crippen LogP contribution < -0.4 is 14.8 Å². The largest absolute Gasteiger partial charge is 0.490 e. The number of hydrogen-bond acceptors (Lipinski definition) is 8. The summed E-state index contributed by atoms with van der Waals surface area (Å²) in [6.07, 6.45) is 1.52. The fourth-order valence-electron chi connectivity index (χ4n) is 3.67. The van der Waals surface area contributed by atoms with E-state index < -0.39 is 28.5 Å². The second-order valence-electron chi connectivity index (χ2n) is 8.27. The number of rotatable bonds is 10. The van der Waals surface area contributed by atoms with E-state index in [1.54, 1.807) is 55.5 Å². The summed E-state index contributed by atoms with van der Waals surface area (Å²) in [5, 5.41) is 13.4. The Morgan fingerprint density at radius 2 is 1.93 bits per heavy atom. The first-order valence-electron chi connectivity index (χ1n) is 11.8. The quantitative estimate of drug-likeness (QED) is 0.147. The lowest BCUT2D eigenvalue weighted by Gasteiger charge is -2.15. The van der Waals surface area contributed by atoms with E-state index in [-0.39, 0.29) is 17.2 Å². The summed E-state index contributed by atoms with van der Waals surface area (Å²) in [4.78, 5) is 49.6. The number of imide groups is 1. The van der Waals surface area contributed by atoms with Gasteiger partial charge in [0.15, 0.2) is 11.5 Å². The zero-order chi connectivity index (χ0) is 28.8. The highest BCUT2D eigenvalue weighted by Gasteiger charge is 2.36. The molecule has 206 valence electrons. The average Bonchev–Trinajstić information content (AvgIpc) is 3.17. The molecule has 0 unspecified atom stereocenters. The van der Waals surface area contributed by atoms with E-state index in [1.807, 2.05) is 0 Å². The van der Waals surface area contributed by atoms with E-state index >= 15 is 0 Å². The van der Waals surface area contributed by atoms with Gasteiger partial charge in [0.25, 0.3) is 16.8 Å². The number of benzene rings is 3. The van der Waals surface area contributed by atoms with Crippen LogP contribution >= 0.6 is 39.3 Å². The third-order valence-corrected chi connectivity index (χ3v) is 7.28. The number of nitrogens with zero attached hydrogens (tertiary/aromatic N) is 2. The van der Waals surface area contributed by atoms with Gasteiger partial charge in [-0.1, -0.05) is 35.9 Å². The van der Waals surface area contributed by atoms with Gasteiger partial charge < -0.3 is 14.8 Å². The van der Waals surface area contributed by atoms with Gasteiger partial charge in [0, 0.05) is 12.1 Å². The van der Waals surface area contributed by atoms with Crippen LogP contribution in [0.4, 0.5) is 16.2 Å². The van der Waals surface area contributed by atoms with Crippen molar-refractivity contribution in [2.75, 3.05) is 18.5 Å². The van der Waals surface area contributed by atoms with Gasteiger partial charge in [-0.15, -0.1) is 0 Å². The number of non-ortho nitro benzene ring substituents is 1. The predicted molar refractivity (Wildman–Crippen MR) is 155 cm³/mol. The number of amides is 3. The Morgan fingerprint density at radius 1 is 1.15 bits per heavy atom. The summed E-state index contributed by atoms with van der Waals surface area (Å²) in [7, 11) is 0. The van der Waals surface area contributed by atoms with Gasteiger partial charge >= 0.3 is 0 Å². The first kappa shape index (κ1) is 29.1. The molecule has 0 saturated carbocycles. The van der Waals surface area contributed by atoms with E-state index in [0.717, 1.165) is 16.7 Å². The monoisotopic (exact) mass is 645 g/mol. The minimum absolute atomic E-state index is 0.0455. The van der Waals surface area contributed by atoms with Gasteiger partial charge in [0.05, 0.1) is 31.6 Å². The number of hydrogen-bond donors (Lipinski definition) is 1. The highest BCUT2D eigenvalue weighted by atomic mass is 79.9. The molecule has 3 aromatic rings. The zero-order valence-corrected chi connectivity index (χ0v) is 24.0. The number of nitro benzene ring substituents is 1. The van der Waals surface area contributed by atoms with Crippen LogP contribution in [0.5, 0.6) is 11.5 Å². The molecule has 3 amide bonds. The second-order valence-corrected chi connectivity index (χ2v) is 10.5. The zero-order valence-electron chi connectivity index (χ0n) is 20.9. The lowest BCUT2D eigenvalue weighted by molar-refractivity contribution is -0.384. The first-order valence-corrected chi connectivity index (χ1v) is 13.8. The molecular formula is C27H21BrClN3O7S. The maximum absolute atomic E-state index is 13.0. The maximum atomic E-state index is 13.0.